The molecule has 0 atom stereocenters. The Morgan fingerprint density at radius 2 is 1.90 bits per heavy atom. The van der Waals surface area contributed by atoms with Gasteiger partial charge in [-0.25, -0.2) is 17.4 Å². The third kappa shape index (κ3) is 2.07. The summed E-state index contributed by atoms with van der Waals surface area (Å²) in [6.45, 7) is 1.94. The number of rotatable bonds is 3. The van der Waals surface area contributed by atoms with Crippen molar-refractivity contribution in [1.82, 2.24) is 8.96 Å². The summed E-state index contributed by atoms with van der Waals surface area (Å²) < 4.78 is 26.5. The van der Waals surface area contributed by atoms with Crippen LogP contribution in [0.4, 0.5) is 0 Å². The Hall–Kier alpha value is -1.92. The molecular weight excluding hydrogens is 292 g/mol. The molecule has 102 valence electrons. The number of aryl methyl sites for hydroxylation is 1. The van der Waals surface area contributed by atoms with Gasteiger partial charge in [0.15, 0.2) is 5.82 Å². The lowest BCUT2D eigenvalue weighted by atomic mass is 10.3. The summed E-state index contributed by atoms with van der Waals surface area (Å²) in [5, 5.41) is 1.93. The maximum Gasteiger partial charge on any atom is 0.269 e. The predicted molar refractivity (Wildman–Crippen MR) is 79.3 cm³/mol. The lowest BCUT2D eigenvalue weighted by molar-refractivity contribution is 0.588. The fourth-order valence-electron chi connectivity index (χ4n) is 1.95. The summed E-state index contributed by atoms with van der Waals surface area (Å²) in [4.78, 5) is 5.33. The Bertz CT molecular complexity index is 833. The quantitative estimate of drug-likeness (QED) is 0.747. The average molecular weight is 304 g/mol. The molecule has 0 N–H and O–H groups in total. The van der Waals surface area contributed by atoms with E-state index in [2.05, 4.69) is 4.98 Å². The van der Waals surface area contributed by atoms with Crippen molar-refractivity contribution in [3.8, 4) is 10.7 Å². The van der Waals surface area contributed by atoms with Crippen LogP contribution in [-0.4, -0.2) is 17.4 Å². The van der Waals surface area contributed by atoms with Gasteiger partial charge in [0.1, 0.15) is 0 Å². The van der Waals surface area contributed by atoms with E-state index >= 15 is 0 Å². The normalized spacial score (nSPS) is 11.7. The minimum atomic E-state index is -3.61. The van der Waals surface area contributed by atoms with Gasteiger partial charge in [0.25, 0.3) is 10.0 Å². The van der Waals surface area contributed by atoms with Gasteiger partial charge in [0, 0.05) is 12.4 Å². The molecule has 0 unspecified atom stereocenters. The van der Waals surface area contributed by atoms with Crippen molar-refractivity contribution in [3.05, 3.63) is 59.7 Å². The molecular formula is C14H12N2O2S2. The second kappa shape index (κ2) is 4.88. The van der Waals surface area contributed by atoms with Gasteiger partial charge >= 0.3 is 0 Å². The molecule has 6 heteroatoms. The first-order chi connectivity index (χ1) is 9.60. The highest BCUT2D eigenvalue weighted by molar-refractivity contribution is 7.90. The fourth-order valence-corrected chi connectivity index (χ4v) is 4.24. The van der Waals surface area contributed by atoms with Crippen LogP contribution in [0.3, 0.4) is 0 Å². The molecule has 0 amide bonds. The van der Waals surface area contributed by atoms with E-state index in [1.54, 1.807) is 30.3 Å². The SMILES string of the molecule is Cc1ccsc1-c1nccn1S(=O)(=O)c1ccccc1. The van der Waals surface area contributed by atoms with E-state index in [9.17, 15) is 8.42 Å². The average Bonchev–Trinajstić information content (AvgIpc) is 3.08. The molecule has 0 saturated carbocycles. The number of aromatic nitrogens is 2. The molecule has 0 aliphatic heterocycles. The highest BCUT2D eigenvalue weighted by Crippen LogP contribution is 2.29. The lowest BCUT2D eigenvalue weighted by Gasteiger charge is -2.08. The van der Waals surface area contributed by atoms with Crippen molar-refractivity contribution in [2.45, 2.75) is 11.8 Å². The minimum Gasteiger partial charge on any atom is -0.235 e. The summed E-state index contributed by atoms with van der Waals surface area (Å²) in [5.41, 5.74) is 1.02. The van der Waals surface area contributed by atoms with E-state index in [1.807, 2.05) is 18.4 Å². The Labute approximate surface area is 121 Å². The fraction of sp³-hybridized carbons (Fsp3) is 0.0714. The molecule has 2 heterocycles. The molecule has 3 aromatic rings. The number of benzene rings is 1. The van der Waals surface area contributed by atoms with Gasteiger partial charge in [-0.2, -0.15) is 0 Å². The minimum absolute atomic E-state index is 0.258. The van der Waals surface area contributed by atoms with Crippen LogP contribution in [0.1, 0.15) is 5.56 Å². The van der Waals surface area contributed by atoms with Gasteiger partial charge in [-0.15, -0.1) is 11.3 Å². The zero-order chi connectivity index (χ0) is 14.2. The Morgan fingerprint density at radius 3 is 2.55 bits per heavy atom. The summed E-state index contributed by atoms with van der Waals surface area (Å²) >= 11 is 1.48. The zero-order valence-electron chi connectivity index (χ0n) is 10.7. The third-order valence-corrected chi connectivity index (χ3v) is 5.67. The standard InChI is InChI=1S/C14H12N2O2S2/c1-11-7-10-19-13(11)14-15-8-9-16(14)20(17,18)12-5-3-2-4-6-12/h2-10H,1H3. The van der Waals surface area contributed by atoms with Crippen LogP contribution in [0, 0.1) is 6.92 Å². The van der Waals surface area contributed by atoms with E-state index in [4.69, 9.17) is 0 Å². The number of hydrogen-bond donors (Lipinski definition) is 0. The van der Waals surface area contributed by atoms with Gasteiger partial charge in [0.05, 0.1) is 9.77 Å². The molecule has 0 saturated heterocycles. The molecule has 0 radical (unpaired) electrons. The maximum absolute atomic E-state index is 12.6. The molecule has 0 fully saturated rings. The Balaban J connectivity index is 2.18. The van der Waals surface area contributed by atoms with Crippen LogP contribution in [0.2, 0.25) is 0 Å². The van der Waals surface area contributed by atoms with Crippen molar-refractivity contribution in [2.75, 3.05) is 0 Å². The number of imidazole rings is 1. The molecule has 0 aliphatic carbocycles. The molecule has 3 rings (SSSR count). The van der Waals surface area contributed by atoms with Crippen molar-refractivity contribution in [2.24, 2.45) is 0 Å². The van der Waals surface area contributed by atoms with Gasteiger partial charge in [-0.1, -0.05) is 18.2 Å². The lowest BCUT2D eigenvalue weighted by Crippen LogP contribution is -2.13. The molecule has 20 heavy (non-hydrogen) atoms. The monoisotopic (exact) mass is 304 g/mol. The number of hydrogen-bond acceptors (Lipinski definition) is 4. The molecule has 0 aliphatic rings. The van der Waals surface area contributed by atoms with Crippen LogP contribution in [0.15, 0.2) is 59.1 Å². The Morgan fingerprint density at radius 1 is 1.15 bits per heavy atom. The first kappa shape index (κ1) is 13.1. The largest absolute Gasteiger partial charge is 0.269 e. The molecule has 0 bridgehead atoms. The highest BCUT2D eigenvalue weighted by Gasteiger charge is 2.21. The van der Waals surface area contributed by atoms with Crippen LogP contribution < -0.4 is 0 Å². The summed E-state index contributed by atoms with van der Waals surface area (Å²) in [5.74, 6) is 0.460. The van der Waals surface area contributed by atoms with Crippen molar-refractivity contribution in [1.29, 1.82) is 0 Å². The predicted octanol–water partition coefficient (Wildman–Crippen LogP) is 3.16. The van der Waals surface area contributed by atoms with Crippen LogP contribution in [-0.2, 0) is 10.0 Å². The third-order valence-electron chi connectivity index (χ3n) is 2.97. The number of nitrogens with zero attached hydrogens (tertiary/aromatic N) is 2. The summed E-state index contributed by atoms with van der Waals surface area (Å²) in [6.07, 6.45) is 2.99. The van der Waals surface area contributed by atoms with Crippen LogP contribution in [0.5, 0.6) is 0 Å². The van der Waals surface area contributed by atoms with Crippen molar-refractivity contribution < 1.29 is 8.42 Å². The summed E-state index contributed by atoms with van der Waals surface area (Å²) in [6, 6.07) is 10.3. The smallest absolute Gasteiger partial charge is 0.235 e. The first-order valence-corrected chi connectivity index (χ1v) is 8.31. The van der Waals surface area contributed by atoms with Crippen molar-refractivity contribution in [3.63, 3.8) is 0 Å². The second-order valence-corrected chi connectivity index (χ2v) is 7.03. The van der Waals surface area contributed by atoms with Gasteiger partial charge < -0.3 is 0 Å². The molecule has 1 aromatic carbocycles. The molecule has 4 nitrogen and oxygen atoms in total. The van der Waals surface area contributed by atoms with Gasteiger partial charge in [-0.05, 0) is 36.1 Å². The highest BCUT2D eigenvalue weighted by atomic mass is 32.2. The van der Waals surface area contributed by atoms with Crippen LogP contribution in [0.25, 0.3) is 10.7 Å². The summed E-state index contributed by atoms with van der Waals surface area (Å²) in [7, 11) is -3.61. The van der Waals surface area contributed by atoms with Gasteiger partial charge in [-0.3, -0.25) is 0 Å². The van der Waals surface area contributed by atoms with Crippen LogP contribution >= 0.6 is 11.3 Å². The van der Waals surface area contributed by atoms with E-state index < -0.39 is 10.0 Å². The molecule has 0 spiro atoms. The second-order valence-electron chi connectivity index (χ2n) is 4.30. The maximum atomic E-state index is 12.6. The number of thiophene rings is 1. The van der Waals surface area contributed by atoms with E-state index in [-0.39, 0.29) is 4.90 Å². The Kier molecular flexibility index (Phi) is 3.19. The van der Waals surface area contributed by atoms with E-state index in [1.165, 1.54) is 27.7 Å². The molecule has 2 aromatic heterocycles. The topological polar surface area (TPSA) is 52.0 Å². The first-order valence-electron chi connectivity index (χ1n) is 5.99. The van der Waals surface area contributed by atoms with E-state index in [0.717, 1.165) is 10.4 Å². The van der Waals surface area contributed by atoms with Crippen molar-refractivity contribution >= 4 is 21.4 Å². The van der Waals surface area contributed by atoms with Gasteiger partial charge in [0.2, 0.25) is 0 Å². The van der Waals surface area contributed by atoms with E-state index in [0.29, 0.717) is 5.82 Å². The zero-order valence-corrected chi connectivity index (χ0v) is 12.4.